The van der Waals surface area contributed by atoms with Crippen LogP contribution in [-0.4, -0.2) is 59.6 Å². The van der Waals surface area contributed by atoms with Crippen molar-refractivity contribution in [3.8, 4) is 16.9 Å². The summed E-state index contributed by atoms with van der Waals surface area (Å²) in [5, 5.41) is 21.2. The van der Waals surface area contributed by atoms with E-state index in [2.05, 4.69) is 36.9 Å². The van der Waals surface area contributed by atoms with Crippen LogP contribution in [0.15, 0.2) is 36.4 Å². The van der Waals surface area contributed by atoms with Crippen LogP contribution in [0.25, 0.3) is 11.1 Å². The number of aliphatic hydroxyl groups excluding tert-OH is 1. The number of aliphatic hydroxyl groups is 2. The first-order chi connectivity index (χ1) is 13.8. The van der Waals surface area contributed by atoms with Gasteiger partial charge in [-0.2, -0.15) is 0 Å². The van der Waals surface area contributed by atoms with Gasteiger partial charge in [-0.05, 0) is 61.6 Å². The number of β-amino-alcohol motifs (C(OH)–C–C–N with tert-alkyl or cyclic N) is 1. The van der Waals surface area contributed by atoms with E-state index >= 15 is 0 Å². The van der Waals surface area contributed by atoms with Crippen LogP contribution in [0.1, 0.15) is 24.0 Å². The van der Waals surface area contributed by atoms with Crippen molar-refractivity contribution in [2.75, 3.05) is 32.8 Å². The van der Waals surface area contributed by atoms with Crippen molar-refractivity contribution in [2.24, 2.45) is 5.73 Å². The van der Waals surface area contributed by atoms with E-state index in [4.69, 9.17) is 22.1 Å². The zero-order valence-corrected chi connectivity index (χ0v) is 18.0. The predicted molar refractivity (Wildman–Crippen MR) is 118 cm³/mol. The highest BCUT2D eigenvalue weighted by Gasteiger charge is 2.31. The minimum absolute atomic E-state index is 0.185. The van der Waals surface area contributed by atoms with Crippen molar-refractivity contribution in [1.29, 1.82) is 0 Å². The summed E-state index contributed by atoms with van der Waals surface area (Å²) in [5.74, 6) is 0.642. The van der Waals surface area contributed by atoms with Crippen LogP contribution >= 0.6 is 11.6 Å². The molecule has 0 saturated carbocycles. The first kappa shape index (κ1) is 22.1. The Morgan fingerprint density at radius 1 is 1.17 bits per heavy atom. The van der Waals surface area contributed by atoms with Gasteiger partial charge in [0.2, 0.25) is 0 Å². The maximum Gasteiger partial charge on any atom is 0.121 e. The van der Waals surface area contributed by atoms with Gasteiger partial charge in [-0.1, -0.05) is 35.4 Å². The quantitative estimate of drug-likeness (QED) is 0.643. The molecule has 0 aromatic heterocycles. The maximum absolute atomic E-state index is 10.4. The van der Waals surface area contributed by atoms with Gasteiger partial charge < -0.3 is 25.6 Å². The summed E-state index contributed by atoms with van der Waals surface area (Å²) in [7, 11) is 0. The van der Waals surface area contributed by atoms with Gasteiger partial charge in [0, 0.05) is 31.2 Å². The van der Waals surface area contributed by atoms with Gasteiger partial charge in [0.25, 0.3) is 0 Å². The van der Waals surface area contributed by atoms with Gasteiger partial charge in [-0.25, -0.2) is 0 Å². The molecule has 0 bridgehead atoms. The highest BCUT2D eigenvalue weighted by atomic mass is 35.5. The third kappa shape index (κ3) is 5.93. The molecule has 3 rings (SSSR count). The lowest BCUT2D eigenvalue weighted by Crippen LogP contribution is -2.50. The summed E-state index contributed by atoms with van der Waals surface area (Å²) in [6.07, 6.45) is 0.636. The monoisotopic (exact) mass is 418 g/mol. The SMILES string of the molecule is Cc1ccc(C)c(-c2cc(Cl)cc(OCC(O)CN3CCC(O)(CN)CC3)c2)c1. The molecule has 1 atom stereocenters. The Hall–Kier alpha value is -1.63. The number of piperidine rings is 1. The lowest BCUT2D eigenvalue weighted by Gasteiger charge is -2.38. The number of nitrogens with zero attached hydrogens (tertiary/aromatic N) is 1. The van der Waals surface area contributed by atoms with E-state index in [1.54, 1.807) is 6.07 Å². The fraction of sp³-hybridized carbons (Fsp3) is 0.478. The molecular formula is C23H31ClN2O3. The van der Waals surface area contributed by atoms with E-state index in [-0.39, 0.29) is 13.2 Å². The summed E-state index contributed by atoms with van der Waals surface area (Å²) in [4.78, 5) is 2.14. The zero-order chi connectivity index (χ0) is 21.0. The van der Waals surface area contributed by atoms with E-state index in [1.165, 1.54) is 11.1 Å². The highest BCUT2D eigenvalue weighted by Crippen LogP contribution is 2.31. The van der Waals surface area contributed by atoms with Crippen molar-refractivity contribution >= 4 is 11.6 Å². The van der Waals surface area contributed by atoms with Crippen LogP contribution in [0.2, 0.25) is 5.02 Å². The second-order valence-electron chi connectivity index (χ2n) is 8.19. The summed E-state index contributed by atoms with van der Waals surface area (Å²) >= 11 is 6.32. The molecule has 0 aliphatic carbocycles. The predicted octanol–water partition coefficient (Wildman–Crippen LogP) is 3.15. The van der Waals surface area contributed by atoms with Crippen LogP contribution in [0.5, 0.6) is 5.75 Å². The number of benzene rings is 2. The standard InChI is InChI=1S/C23H31ClN2O3/c1-16-3-4-17(2)22(9-16)18-10-19(24)12-21(11-18)29-14-20(27)13-26-7-5-23(28,15-25)6-8-26/h3-4,9-12,20,27-28H,5-8,13-15,25H2,1-2H3. The van der Waals surface area contributed by atoms with E-state index in [1.807, 2.05) is 12.1 Å². The maximum atomic E-state index is 10.4. The molecule has 5 nitrogen and oxygen atoms in total. The number of aryl methyl sites for hydroxylation is 2. The van der Waals surface area contributed by atoms with E-state index < -0.39 is 11.7 Å². The van der Waals surface area contributed by atoms with Gasteiger partial charge in [-0.15, -0.1) is 0 Å². The van der Waals surface area contributed by atoms with Gasteiger partial charge in [0.1, 0.15) is 18.5 Å². The lowest BCUT2D eigenvalue weighted by molar-refractivity contribution is -0.0265. The fourth-order valence-corrected chi connectivity index (χ4v) is 3.97. The second-order valence-corrected chi connectivity index (χ2v) is 8.62. The topological polar surface area (TPSA) is 79.0 Å². The van der Waals surface area contributed by atoms with Crippen molar-refractivity contribution in [3.63, 3.8) is 0 Å². The molecule has 1 heterocycles. The summed E-state index contributed by atoms with van der Waals surface area (Å²) < 4.78 is 5.85. The van der Waals surface area contributed by atoms with E-state index in [0.717, 1.165) is 24.2 Å². The van der Waals surface area contributed by atoms with Crippen LogP contribution in [-0.2, 0) is 0 Å². The number of rotatable bonds is 7. The number of hydrogen-bond acceptors (Lipinski definition) is 5. The average molecular weight is 419 g/mol. The van der Waals surface area contributed by atoms with Gasteiger partial charge in [0.15, 0.2) is 0 Å². The van der Waals surface area contributed by atoms with Crippen molar-refractivity contribution in [1.82, 2.24) is 4.90 Å². The number of hydrogen-bond donors (Lipinski definition) is 3. The lowest BCUT2D eigenvalue weighted by atomic mass is 9.91. The minimum atomic E-state index is -0.761. The molecule has 0 spiro atoms. The largest absolute Gasteiger partial charge is 0.491 e. The molecule has 1 unspecified atom stereocenters. The Bertz CT molecular complexity index is 835. The van der Waals surface area contributed by atoms with Crippen molar-refractivity contribution in [3.05, 3.63) is 52.5 Å². The van der Waals surface area contributed by atoms with Crippen LogP contribution in [0.3, 0.4) is 0 Å². The molecule has 4 N–H and O–H groups in total. The zero-order valence-electron chi connectivity index (χ0n) is 17.2. The van der Waals surface area contributed by atoms with Crippen LogP contribution < -0.4 is 10.5 Å². The normalized spacial score (nSPS) is 17.9. The summed E-state index contributed by atoms with van der Waals surface area (Å²) in [5.41, 5.74) is 9.35. The fourth-order valence-electron chi connectivity index (χ4n) is 3.75. The van der Waals surface area contributed by atoms with Gasteiger partial charge in [-0.3, -0.25) is 0 Å². The Balaban J connectivity index is 1.59. The Labute approximate surface area is 178 Å². The summed E-state index contributed by atoms with van der Waals surface area (Å²) in [6, 6.07) is 12.0. The molecule has 0 radical (unpaired) electrons. The number of nitrogens with two attached hydrogens (primary N) is 1. The molecule has 1 aliphatic heterocycles. The highest BCUT2D eigenvalue weighted by molar-refractivity contribution is 6.31. The third-order valence-electron chi connectivity index (χ3n) is 5.65. The minimum Gasteiger partial charge on any atom is -0.491 e. The third-order valence-corrected chi connectivity index (χ3v) is 5.87. The Morgan fingerprint density at radius 2 is 1.90 bits per heavy atom. The molecule has 1 fully saturated rings. The Kier molecular flexibility index (Phi) is 7.19. The molecule has 1 saturated heterocycles. The second kappa shape index (κ2) is 9.45. The Morgan fingerprint density at radius 3 is 2.59 bits per heavy atom. The molecule has 2 aromatic carbocycles. The van der Waals surface area contributed by atoms with Gasteiger partial charge in [0.05, 0.1) is 5.60 Å². The van der Waals surface area contributed by atoms with Gasteiger partial charge >= 0.3 is 0 Å². The number of halogens is 1. The van der Waals surface area contributed by atoms with E-state index in [0.29, 0.717) is 30.2 Å². The molecule has 0 amide bonds. The molecular weight excluding hydrogens is 388 g/mol. The number of likely N-dealkylation sites (tertiary alicyclic amines) is 1. The van der Waals surface area contributed by atoms with Crippen molar-refractivity contribution < 1.29 is 14.9 Å². The van der Waals surface area contributed by atoms with Crippen molar-refractivity contribution in [2.45, 2.75) is 38.4 Å². The van der Waals surface area contributed by atoms with Crippen LogP contribution in [0.4, 0.5) is 0 Å². The van der Waals surface area contributed by atoms with Crippen LogP contribution in [0, 0.1) is 13.8 Å². The molecule has 6 heteroatoms. The molecule has 29 heavy (non-hydrogen) atoms. The number of ether oxygens (including phenoxy) is 1. The average Bonchev–Trinajstić information content (AvgIpc) is 2.70. The van der Waals surface area contributed by atoms with E-state index in [9.17, 15) is 10.2 Å². The summed E-state index contributed by atoms with van der Waals surface area (Å²) in [6.45, 7) is 6.55. The molecule has 1 aliphatic rings. The first-order valence-corrected chi connectivity index (χ1v) is 10.5. The first-order valence-electron chi connectivity index (χ1n) is 10.1. The smallest absolute Gasteiger partial charge is 0.121 e. The molecule has 158 valence electrons. The molecule has 2 aromatic rings.